The lowest BCUT2D eigenvalue weighted by Gasteiger charge is -2.37. The minimum atomic E-state index is 0.0829. The molecule has 0 N–H and O–H groups in total. The summed E-state index contributed by atoms with van der Waals surface area (Å²) in [5, 5.41) is 0. The Kier molecular flexibility index (Phi) is 4.07. The van der Waals surface area contributed by atoms with Crippen molar-refractivity contribution in [1.82, 2.24) is 0 Å². The average molecular weight is 262 g/mol. The van der Waals surface area contributed by atoms with Gasteiger partial charge in [-0.2, -0.15) is 0 Å². The van der Waals surface area contributed by atoms with Crippen LogP contribution in [0.3, 0.4) is 0 Å². The molecule has 0 radical (unpaired) electrons. The summed E-state index contributed by atoms with van der Waals surface area (Å²) in [6.45, 7) is 0.801. The fourth-order valence-corrected chi connectivity index (χ4v) is 4.10. The number of ketones is 1. The lowest BCUT2D eigenvalue weighted by atomic mass is 9.80. The molecule has 1 aliphatic heterocycles. The third-order valence-electron chi connectivity index (χ3n) is 5.25. The summed E-state index contributed by atoms with van der Waals surface area (Å²) in [5.41, 5.74) is 1.49. The smallest absolute Gasteiger partial charge is 0.140 e. The van der Waals surface area contributed by atoms with Crippen molar-refractivity contribution in [1.29, 1.82) is 0 Å². The number of carbonyl (C=O) groups is 1. The van der Waals surface area contributed by atoms with E-state index in [4.69, 9.17) is 4.74 Å². The van der Waals surface area contributed by atoms with Gasteiger partial charge in [0, 0.05) is 18.9 Å². The maximum Gasteiger partial charge on any atom is 0.140 e. The minimum Gasteiger partial charge on any atom is -0.375 e. The van der Waals surface area contributed by atoms with E-state index in [1.807, 2.05) is 0 Å². The Hall–Kier alpha value is -0.630. The highest BCUT2D eigenvalue weighted by atomic mass is 16.5. The van der Waals surface area contributed by atoms with Crippen LogP contribution < -0.4 is 0 Å². The highest BCUT2D eigenvalue weighted by Crippen LogP contribution is 2.42. The first kappa shape index (κ1) is 13.4. The highest BCUT2D eigenvalue weighted by Gasteiger charge is 2.41. The summed E-state index contributed by atoms with van der Waals surface area (Å²) in [5.74, 6) is 0.761. The van der Waals surface area contributed by atoms with E-state index in [0.717, 1.165) is 32.3 Å². The van der Waals surface area contributed by atoms with E-state index in [1.165, 1.54) is 50.5 Å². The second-order valence-electron chi connectivity index (χ2n) is 6.68. The molecule has 1 saturated carbocycles. The van der Waals surface area contributed by atoms with Crippen molar-refractivity contribution in [3.05, 3.63) is 11.6 Å². The van der Waals surface area contributed by atoms with Gasteiger partial charge in [-0.25, -0.2) is 0 Å². The van der Waals surface area contributed by atoms with E-state index in [9.17, 15) is 4.79 Å². The van der Waals surface area contributed by atoms with E-state index >= 15 is 0 Å². The third-order valence-corrected chi connectivity index (χ3v) is 5.25. The van der Waals surface area contributed by atoms with Crippen molar-refractivity contribution in [2.75, 3.05) is 6.61 Å². The molecule has 1 atom stereocenters. The van der Waals surface area contributed by atoms with Crippen LogP contribution >= 0.6 is 0 Å². The van der Waals surface area contributed by atoms with E-state index in [0.29, 0.717) is 5.78 Å². The van der Waals surface area contributed by atoms with Gasteiger partial charge >= 0.3 is 0 Å². The molecule has 19 heavy (non-hydrogen) atoms. The average Bonchev–Trinajstić information content (AvgIpc) is 2.88. The van der Waals surface area contributed by atoms with Gasteiger partial charge in [0.2, 0.25) is 0 Å². The number of hydrogen-bond donors (Lipinski definition) is 0. The van der Waals surface area contributed by atoms with Crippen LogP contribution in [-0.4, -0.2) is 18.0 Å². The van der Waals surface area contributed by atoms with Crippen molar-refractivity contribution in [2.24, 2.45) is 5.92 Å². The molecule has 1 unspecified atom stereocenters. The SMILES string of the molecule is O=C(CC1=CCCCC1)C1CCOC2(CCCC2)C1. The van der Waals surface area contributed by atoms with Gasteiger partial charge in [-0.15, -0.1) is 0 Å². The largest absolute Gasteiger partial charge is 0.375 e. The Labute approximate surface area is 116 Å². The van der Waals surface area contributed by atoms with Crippen LogP contribution in [0.2, 0.25) is 0 Å². The summed E-state index contributed by atoms with van der Waals surface area (Å²) in [7, 11) is 0. The molecule has 1 spiro atoms. The Bertz CT molecular complexity index is 363. The van der Waals surface area contributed by atoms with Gasteiger partial charge in [-0.05, 0) is 51.4 Å². The highest BCUT2D eigenvalue weighted by molar-refractivity contribution is 5.83. The normalized spacial score (nSPS) is 30.3. The minimum absolute atomic E-state index is 0.0829. The maximum absolute atomic E-state index is 12.5. The molecule has 0 bridgehead atoms. The Balaban J connectivity index is 1.58. The second-order valence-corrected chi connectivity index (χ2v) is 6.68. The predicted octanol–water partition coefficient (Wildman–Crippen LogP) is 4.19. The van der Waals surface area contributed by atoms with Crippen molar-refractivity contribution in [3.8, 4) is 0 Å². The molecule has 0 aromatic heterocycles. The number of hydrogen-bond acceptors (Lipinski definition) is 2. The van der Waals surface area contributed by atoms with Gasteiger partial charge in [0.25, 0.3) is 0 Å². The van der Waals surface area contributed by atoms with Crippen LogP contribution in [0.4, 0.5) is 0 Å². The van der Waals surface area contributed by atoms with Crippen LogP contribution in [0.1, 0.15) is 70.6 Å². The zero-order valence-electron chi connectivity index (χ0n) is 12.0. The summed E-state index contributed by atoms with van der Waals surface area (Å²) in [6, 6.07) is 0. The molecule has 2 fully saturated rings. The first-order valence-corrected chi connectivity index (χ1v) is 8.12. The van der Waals surface area contributed by atoms with Crippen molar-refractivity contribution in [2.45, 2.75) is 76.2 Å². The number of carbonyl (C=O) groups excluding carboxylic acids is 1. The van der Waals surface area contributed by atoms with Gasteiger partial charge in [-0.3, -0.25) is 4.79 Å². The zero-order chi connectivity index (χ0) is 13.1. The van der Waals surface area contributed by atoms with Crippen molar-refractivity contribution >= 4 is 5.78 Å². The molecule has 1 heterocycles. The van der Waals surface area contributed by atoms with Crippen molar-refractivity contribution < 1.29 is 9.53 Å². The van der Waals surface area contributed by atoms with Gasteiger partial charge in [-0.1, -0.05) is 24.5 Å². The van der Waals surface area contributed by atoms with E-state index in [1.54, 1.807) is 0 Å². The van der Waals surface area contributed by atoms with Crippen LogP contribution in [0.25, 0.3) is 0 Å². The van der Waals surface area contributed by atoms with Gasteiger partial charge in [0.15, 0.2) is 0 Å². The summed E-state index contributed by atoms with van der Waals surface area (Å²) in [6.07, 6.45) is 14.8. The Morgan fingerprint density at radius 3 is 2.84 bits per heavy atom. The number of Topliss-reactive ketones (excluding diaryl/α,β-unsaturated/α-hetero) is 1. The first-order chi connectivity index (χ1) is 9.27. The lowest BCUT2D eigenvalue weighted by Crippen LogP contribution is -2.39. The fourth-order valence-electron chi connectivity index (χ4n) is 4.10. The summed E-state index contributed by atoms with van der Waals surface area (Å²) < 4.78 is 6.03. The predicted molar refractivity (Wildman–Crippen MR) is 76.1 cm³/mol. The molecule has 0 aromatic carbocycles. The Morgan fingerprint density at radius 2 is 2.11 bits per heavy atom. The molecule has 2 heteroatoms. The molecule has 1 saturated heterocycles. The topological polar surface area (TPSA) is 26.3 Å². The molecule has 3 rings (SSSR count). The lowest BCUT2D eigenvalue weighted by molar-refractivity contribution is -0.135. The van der Waals surface area contributed by atoms with Crippen LogP contribution in [-0.2, 0) is 9.53 Å². The van der Waals surface area contributed by atoms with Crippen LogP contribution in [0.5, 0.6) is 0 Å². The molecule has 2 nitrogen and oxygen atoms in total. The van der Waals surface area contributed by atoms with Crippen molar-refractivity contribution in [3.63, 3.8) is 0 Å². The maximum atomic E-state index is 12.5. The number of rotatable bonds is 3. The van der Waals surface area contributed by atoms with E-state index < -0.39 is 0 Å². The van der Waals surface area contributed by atoms with E-state index in [2.05, 4.69) is 6.08 Å². The first-order valence-electron chi connectivity index (χ1n) is 8.12. The fraction of sp³-hybridized carbons (Fsp3) is 0.824. The van der Waals surface area contributed by atoms with Gasteiger partial charge < -0.3 is 4.74 Å². The van der Waals surface area contributed by atoms with Crippen LogP contribution in [0.15, 0.2) is 11.6 Å². The molecule has 0 amide bonds. The molecule has 0 aromatic rings. The summed E-state index contributed by atoms with van der Waals surface area (Å²) in [4.78, 5) is 12.5. The Morgan fingerprint density at radius 1 is 1.26 bits per heavy atom. The number of allylic oxidation sites excluding steroid dienone is 2. The quantitative estimate of drug-likeness (QED) is 0.713. The van der Waals surface area contributed by atoms with Crippen LogP contribution in [0, 0.1) is 5.92 Å². The zero-order valence-corrected chi connectivity index (χ0v) is 12.0. The molecule has 2 aliphatic carbocycles. The van der Waals surface area contributed by atoms with Gasteiger partial charge in [0.1, 0.15) is 5.78 Å². The number of ether oxygens (including phenoxy) is 1. The second kappa shape index (κ2) is 5.78. The summed E-state index contributed by atoms with van der Waals surface area (Å²) >= 11 is 0. The standard InChI is InChI=1S/C17H26O2/c18-16(12-14-6-2-1-3-7-14)15-8-11-19-17(13-15)9-4-5-10-17/h6,15H,1-5,7-13H2. The van der Waals surface area contributed by atoms with E-state index in [-0.39, 0.29) is 11.5 Å². The monoisotopic (exact) mass is 262 g/mol. The molecular weight excluding hydrogens is 236 g/mol. The molecule has 3 aliphatic rings. The molecule has 106 valence electrons. The molecular formula is C17H26O2. The van der Waals surface area contributed by atoms with Gasteiger partial charge in [0.05, 0.1) is 5.60 Å². The third kappa shape index (κ3) is 3.10.